The molecule has 0 unspecified atom stereocenters. The number of hydrogen-bond donors (Lipinski definition) is 2. The lowest BCUT2D eigenvalue weighted by Crippen LogP contribution is -2.26. The maximum absolute atomic E-state index is 12.9. The highest BCUT2D eigenvalue weighted by Gasteiger charge is 2.14. The molecule has 0 heterocycles. The molecule has 0 saturated heterocycles. The number of carbonyl (C=O) groups excluding carboxylic acids is 1. The van der Waals surface area contributed by atoms with Crippen molar-refractivity contribution in [3.63, 3.8) is 0 Å². The summed E-state index contributed by atoms with van der Waals surface area (Å²) in [6.45, 7) is 2.84. The monoisotopic (exact) mass is 499 g/mol. The van der Waals surface area contributed by atoms with Crippen LogP contribution in [0.25, 0.3) is 11.1 Å². The second-order valence-electron chi connectivity index (χ2n) is 8.44. The van der Waals surface area contributed by atoms with Crippen LogP contribution in [0.1, 0.15) is 37.4 Å². The molecule has 4 aromatic carbocycles. The minimum absolute atomic E-state index is 0.243. The van der Waals surface area contributed by atoms with Gasteiger partial charge in [0, 0.05) is 11.6 Å². The average molecular weight is 500 g/mol. The molecule has 0 aromatic heterocycles. The van der Waals surface area contributed by atoms with Gasteiger partial charge >= 0.3 is 5.97 Å². The first-order valence-electron chi connectivity index (χ1n) is 11.6. The first kappa shape index (κ1) is 25.0. The van der Waals surface area contributed by atoms with Gasteiger partial charge in [0.15, 0.2) is 0 Å². The molecule has 0 aliphatic rings. The fourth-order valence-electron chi connectivity index (χ4n) is 3.82. The van der Waals surface area contributed by atoms with Crippen LogP contribution in [0.2, 0.25) is 5.02 Å². The van der Waals surface area contributed by atoms with Crippen molar-refractivity contribution in [2.75, 3.05) is 6.54 Å². The summed E-state index contributed by atoms with van der Waals surface area (Å²) in [7, 11) is 0. The van der Waals surface area contributed by atoms with E-state index in [1.54, 1.807) is 42.5 Å². The second-order valence-corrected chi connectivity index (χ2v) is 8.88. The SMILES string of the molecule is Cc1ccccc1COc1ccc(Cl)cc1C(=O)NCCc1ccc(-c2ccc(C(=O)O)cc2)cc1. The second kappa shape index (κ2) is 11.6. The summed E-state index contributed by atoms with van der Waals surface area (Å²) < 4.78 is 5.97. The number of aryl methyl sites for hydroxylation is 1. The summed E-state index contributed by atoms with van der Waals surface area (Å²) in [6, 6.07) is 27.8. The maximum Gasteiger partial charge on any atom is 0.335 e. The zero-order valence-corrected chi connectivity index (χ0v) is 20.6. The van der Waals surface area contributed by atoms with E-state index in [1.807, 2.05) is 55.5 Å². The standard InChI is InChI=1S/C30H26ClNO4/c1-20-4-2-3-5-25(20)19-36-28-15-14-26(31)18-27(28)29(33)32-17-16-21-6-8-22(9-7-21)23-10-12-24(13-11-23)30(34)35/h2-15,18H,16-17,19H2,1H3,(H,32,33)(H,34,35). The number of halogens is 1. The number of benzene rings is 4. The summed E-state index contributed by atoms with van der Waals surface area (Å²) in [4.78, 5) is 23.9. The van der Waals surface area contributed by atoms with Gasteiger partial charge in [0.2, 0.25) is 0 Å². The largest absolute Gasteiger partial charge is 0.488 e. The van der Waals surface area contributed by atoms with Gasteiger partial charge in [-0.05, 0) is 71.5 Å². The van der Waals surface area contributed by atoms with E-state index in [0.717, 1.165) is 27.8 Å². The zero-order chi connectivity index (χ0) is 25.5. The summed E-state index contributed by atoms with van der Waals surface area (Å²) in [5, 5.41) is 12.5. The van der Waals surface area contributed by atoms with Gasteiger partial charge in [0.25, 0.3) is 5.91 Å². The van der Waals surface area contributed by atoms with Gasteiger partial charge in [-0.2, -0.15) is 0 Å². The minimum Gasteiger partial charge on any atom is -0.488 e. The highest BCUT2D eigenvalue weighted by atomic mass is 35.5. The van der Waals surface area contributed by atoms with Crippen LogP contribution in [0.15, 0.2) is 91.0 Å². The Labute approximate surface area is 215 Å². The molecular weight excluding hydrogens is 474 g/mol. The fraction of sp³-hybridized carbons (Fsp3) is 0.133. The lowest BCUT2D eigenvalue weighted by Gasteiger charge is -2.13. The van der Waals surface area contributed by atoms with Gasteiger partial charge in [0.05, 0.1) is 11.1 Å². The Hall–Kier alpha value is -4.09. The molecule has 182 valence electrons. The highest BCUT2D eigenvalue weighted by Crippen LogP contribution is 2.25. The van der Waals surface area contributed by atoms with E-state index in [0.29, 0.717) is 35.9 Å². The lowest BCUT2D eigenvalue weighted by atomic mass is 10.0. The third kappa shape index (κ3) is 6.32. The molecule has 4 aromatic rings. The highest BCUT2D eigenvalue weighted by molar-refractivity contribution is 6.31. The number of aromatic carboxylic acids is 1. The van der Waals surface area contributed by atoms with Crippen LogP contribution in [0.5, 0.6) is 5.75 Å². The molecule has 4 rings (SSSR count). The number of hydrogen-bond acceptors (Lipinski definition) is 3. The summed E-state index contributed by atoms with van der Waals surface area (Å²) in [5.41, 5.74) is 5.85. The molecule has 0 spiro atoms. The van der Waals surface area contributed by atoms with E-state index < -0.39 is 5.97 Å². The third-order valence-corrected chi connectivity index (χ3v) is 6.18. The van der Waals surface area contributed by atoms with E-state index in [1.165, 1.54) is 0 Å². The first-order chi connectivity index (χ1) is 17.4. The Morgan fingerprint density at radius 2 is 1.56 bits per heavy atom. The van der Waals surface area contributed by atoms with E-state index in [4.69, 9.17) is 21.4 Å². The van der Waals surface area contributed by atoms with Crippen molar-refractivity contribution in [1.82, 2.24) is 5.32 Å². The molecule has 1 amide bonds. The van der Waals surface area contributed by atoms with Crippen molar-refractivity contribution < 1.29 is 19.4 Å². The molecule has 36 heavy (non-hydrogen) atoms. The molecular formula is C30H26ClNO4. The van der Waals surface area contributed by atoms with Gasteiger partial charge < -0.3 is 15.2 Å². The van der Waals surface area contributed by atoms with Crippen LogP contribution in [0.3, 0.4) is 0 Å². The van der Waals surface area contributed by atoms with Gasteiger partial charge in [-0.25, -0.2) is 4.79 Å². The van der Waals surface area contributed by atoms with Crippen molar-refractivity contribution in [3.05, 3.63) is 124 Å². The van der Waals surface area contributed by atoms with Crippen LogP contribution in [-0.4, -0.2) is 23.5 Å². The number of rotatable bonds is 9. The van der Waals surface area contributed by atoms with E-state index in [2.05, 4.69) is 5.32 Å². The summed E-state index contributed by atoms with van der Waals surface area (Å²) in [5.74, 6) is -0.701. The lowest BCUT2D eigenvalue weighted by molar-refractivity contribution is 0.0696. The van der Waals surface area contributed by atoms with E-state index in [-0.39, 0.29) is 11.5 Å². The number of nitrogens with one attached hydrogen (secondary N) is 1. The number of carboxylic acids is 1. The zero-order valence-electron chi connectivity index (χ0n) is 19.8. The summed E-state index contributed by atoms with van der Waals surface area (Å²) >= 11 is 6.16. The number of amides is 1. The molecule has 0 bridgehead atoms. The van der Waals surface area contributed by atoms with Crippen LogP contribution in [-0.2, 0) is 13.0 Å². The molecule has 0 radical (unpaired) electrons. The molecule has 0 aliphatic carbocycles. The smallest absolute Gasteiger partial charge is 0.335 e. The van der Waals surface area contributed by atoms with Gasteiger partial charge in [0.1, 0.15) is 12.4 Å². The van der Waals surface area contributed by atoms with Gasteiger partial charge in [-0.3, -0.25) is 4.79 Å². The minimum atomic E-state index is -0.943. The summed E-state index contributed by atoms with van der Waals surface area (Å²) in [6.07, 6.45) is 0.657. The maximum atomic E-state index is 12.9. The van der Waals surface area contributed by atoms with Crippen molar-refractivity contribution in [2.24, 2.45) is 0 Å². The molecule has 0 atom stereocenters. The Morgan fingerprint density at radius 1 is 0.889 bits per heavy atom. The van der Waals surface area contributed by atoms with Crippen LogP contribution in [0, 0.1) is 6.92 Å². The fourth-order valence-corrected chi connectivity index (χ4v) is 3.99. The van der Waals surface area contributed by atoms with Crippen molar-refractivity contribution in [1.29, 1.82) is 0 Å². The molecule has 6 heteroatoms. The predicted molar refractivity (Wildman–Crippen MR) is 142 cm³/mol. The molecule has 0 saturated carbocycles. The Morgan fingerprint density at radius 3 is 2.22 bits per heavy atom. The molecule has 0 fully saturated rings. The van der Waals surface area contributed by atoms with Crippen LogP contribution in [0.4, 0.5) is 0 Å². The topological polar surface area (TPSA) is 75.6 Å². The average Bonchev–Trinajstić information content (AvgIpc) is 2.89. The molecule has 0 aliphatic heterocycles. The van der Waals surface area contributed by atoms with Gasteiger partial charge in [-0.15, -0.1) is 0 Å². The molecule has 5 nitrogen and oxygen atoms in total. The number of carboxylic acid groups (broad SMARTS) is 1. The Bertz CT molecular complexity index is 1360. The predicted octanol–water partition coefficient (Wildman–Crippen LogP) is 6.57. The Balaban J connectivity index is 1.35. The Kier molecular flexibility index (Phi) is 8.03. The van der Waals surface area contributed by atoms with Crippen molar-refractivity contribution >= 4 is 23.5 Å². The third-order valence-electron chi connectivity index (χ3n) is 5.95. The molecule has 2 N–H and O–H groups in total. The quantitative estimate of drug-likeness (QED) is 0.273. The normalized spacial score (nSPS) is 10.6. The van der Waals surface area contributed by atoms with Gasteiger partial charge in [-0.1, -0.05) is 72.3 Å². The van der Waals surface area contributed by atoms with Crippen LogP contribution >= 0.6 is 11.6 Å². The van der Waals surface area contributed by atoms with Crippen molar-refractivity contribution in [3.8, 4) is 16.9 Å². The van der Waals surface area contributed by atoms with E-state index in [9.17, 15) is 9.59 Å². The number of ether oxygens (including phenoxy) is 1. The van der Waals surface area contributed by atoms with Crippen molar-refractivity contribution in [2.45, 2.75) is 20.0 Å². The van der Waals surface area contributed by atoms with E-state index >= 15 is 0 Å². The first-order valence-corrected chi connectivity index (χ1v) is 12.0. The van der Waals surface area contributed by atoms with Crippen LogP contribution < -0.4 is 10.1 Å². The number of carbonyl (C=O) groups is 2.